The summed E-state index contributed by atoms with van der Waals surface area (Å²) < 4.78 is 18.2. The molecular formula is C16H17FN2O2. The van der Waals surface area contributed by atoms with Gasteiger partial charge < -0.3 is 10.1 Å². The van der Waals surface area contributed by atoms with Gasteiger partial charge in [0.05, 0.1) is 6.54 Å². The summed E-state index contributed by atoms with van der Waals surface area (Å²) in [4.78, 5) is 15.6. The number of benzene rings is 1. The Morgan fingerprint density at radius 2 is 2.19 bits per heavy atom. The summed E-state index contributed by atoms with van der Waals surface area (Å²) in [6.45, 7) is 0.699. The van der Waals surface area contributed by atoms with E-state index < -0.39 is 0 Å². The van der Waals surface area contributed by atoms with Crippen LogP contribution < -0.4 is 10.1 Å². The summed E-state index contributed by atoms with van der Waals surface area (Å²) in [6, 6.07) is 9.70. The van der Waals surface area contributed by atoms with Crippen LogP contribution in [0.4, 0.5) is 4.39 Å². The van der Waals surface area contributed by atoms with Crippen molar-refractivity contribution in [3.05, 3.63) is 60.2 Å². The average Bonchev–Trinajstić information content (AvgIpc) is 2.51. The van der Waals surface area contributed by atoms with Crippen LogP contribution in [0.1, 0.15) is 12.0 Å². The SMILES string of the molecule is O=C(CCc1cccnc1)NCCOc1cccc(F)c1. The fourth-order valence-electron chi connectivity index (χ4n) is 1.81. The van der Waals surface area contributed by atoms with Crippen LogP contribution >= 0.6 is 0 Å². The van der Waals surface area contributed by atoms with Crippen molar-refractivity contribution in [2.45, 2.75) is 12.8 Å². The first-order chi connectivity index (χ1) is 10.2. The van der Waals surface area contributed by atoms with Crippen molar-refractivity contribution in [2.24, 2.45) is 0 Å². The number of pyridine rings is 1. The fraction of sp³-hybridized carbons (Fsp3) is 0.250. The molecule has 1 amide bonds. The minimum absolute atomic E-state index is 0.0401. The molecule has 0 aliphatic heterocycles. The summed E-state index contributed by atoms with van der Waals surface area (Å²) in [7, 11) is 0. The lowest BCUT2D eigenvalue weighted by molar-refractivity contribution is -0.121. The molecule has 110 valence electrons. The molecule has 1 aromatic heterocycles. The molecule has 1 aromatic carbocycles. The third-order valence-electron chi connectivity index (χ3n) is 2.85. The molecule has 21 heavy (non-hydrogen) atoms. The van der Waals surface area contributed by atoms with Gasteiger partial charge in [-0.1, -0.05) is 12.1 Å². The first-order valence-electron chi connectivity index (χ1n) is 6.78. The van der Waals surface area contributed by atoms with E-state index in [1.807, 2.05) is 12.1 Å². The molecule has 0 aliphatic carbocycles. The Kier molecular flexibility index (Phi) is 5.70. The van der Waals surface area contributed by atoms with E-state index in [0.29, 0.717) is 31.7 Å². The summed E-state index contributed by atoms with van der Waals surface area (Å²) in [6.07, 6.45) is 4.52. The zero-order valence-electron chi connectivity index (χ0n) is 11.6. The summed E-state index contributed by atoms with van der Waals surface area (Å²) in [5.41, 5.74) is 1.03. The van der Waals surface area contributed by atoms with Gasteiger partial charge in [0.2, 0.25) is 5.91 Å². The zero-order valence-corrected chi connectivity index (χ0v) is 11.6. The van der Waals surface area contributed by atoms with Crippen LogP contribution in [0.2, 0.25) is 0 Å². The Morgan fingerprint density at radius 3 is 2.95 bits per heavy atom. The zero-order chi connectivity index (χ0) is 14.9. The molecule has 0 fully saturated rings. The summed E-state index contributed by atoms with van der Waals surface area (Å²) in [5, 5.41) is 2.76. The van der Waals surface area contributed by atoms with Crippen LogP contribution in [0.25, 0.3) is 0 Å². The van der Waals surface area contributed by atoms with Crippen LogP contribution in [-0.4, -0.2) is 24.0 Å². The minimum atomic E-state index is -0.340. The molecule has 2 aromatic rings. The number of rotatable bonds is 7. The standard InChI is InChI=1S/C16H17FN2O2/c17-14-4-1-5-15(11-14)21-10-9-19-16(20)7-6-13-3-2-8-18-12-13/h1-5,8,11-12H,6-7,9-10H2,(H,19,20). The van der Waals surface area contributed by atoms with Crippen LogP contribution in [0, 0.1) is 5.82 Å². The number of ether oxygens (including phenoxy) is 1. The second kappa shape index (κ2) is 7.99. The molecule has 0 unspecified atom stereocenters. The summed E-state index contributed by atoms with van der Waals surface area (Å²) in [5.74, 6) is 0.0781. The lowest BCUT2D eigenvalue weighted by Gasteiger charge is -2.07. The third-order valence-corrected chi connectivity index (χ3v) is 2.85. The summed E-state index contributed by atoms with van der Waals surface area (Å²) >= 11 is 0. The number of amides is 1. The van der Waals surface area contributed by atoms with Gasteiger partial charge in [-0.3, -0.25) is 9.78 Å². The molecule has 0 radical (unpaired) electrons. The van der Waals surface area contributed by atoms with Crippen molar-refractivity contribution in [3.63, 3.8) is 0 Å². The van der Waals surface area contributed by atoms with E-state index in [9.17, 15) is 9.18 Å². The topological polar surface area (TPSA) is 51.2 Å². The maximum absolute atomic E-state index is 12.9. The van der Waals surface area contributed by atoms with Gasteiger partial charge in [-0.25, -0.2) is 4.39 Å². The number of carbonyl (C=O) groups is 1. The highest BCUT2D eigenvalue weighted by Crippen LogP contribution is 2.11. The molecule has 0 spiro atoms. The molecule has 0 saturated heterocycles. The van der Waals surface area contributed by atoms with Crippen LogP contribution in [0.15, 0.2) is 48.8 Å². The molecule has 0 saturated carbocycles. The van der Waals surface area contributed by atoms with Crippen LogP contribution in [-0.2, 0) is 11.2 Å². The van der Waals surface area contributed by atoms with E-state index in [1.54, 1.807) is 24.5 Å². The number of hydrogen-bond donors (Lipinski definition) is 1. The van der Waals surface area contributed by atoms with E-state index in [2.05, 4.69) is 10.3 Å². The van der Waals surface area contributed by atoms with Crippen molar-refractivity contribution < 1.29 is 13.9 Å². The number of hydrogen-bond acceptors (Lipinski definition) is 3. The Balaban J connectivity index is 1.61. The van der Waals surface area contributed by atoms with E-state index in [0.717, 1.165) is 5.56 Å². The van der Waals surface area contributed by atoms with Crippen molar-refractivity contribution in [2.75, 3.05) is 13.2 Å². The number of aromatic nitrogens is 1. The second-order valence-electron chi connectivity index (χ2n) is 4.52. The molecule has 0 aliphatic rings. The van der Waals surface area contributed by atoms with Gasteiger partial charge in [0.1, 0.15) is 18.2 Å². The van der Waals surface area contributed by atoms with Gasteiger partial charge in [0.15, 0.2) is 0 Å². The average molecular weight is 288 g/mol. The monoisotopic (exact) mass is 288 g/mol. The highest BCUT2D eigenvalue weighted by Gasteiger charge is 2.02. The normalized spacial score (nSPS) is 10.1. The number of nitrogens with one attached hydrogen (secondary N) is 1. The van der Waals surface area contributed by atoms with E-state index >= 15 is 0 Å². The Bertz CT molecular complexity index is 575. The molecule has 0 atom stereocenters. The maximum Gasteiger partial charge on any atom is 0.220 e. The van der Waals surface area contributed by atoms with Crippen LogP contribution in [0.3, 0.4) is 0 Å². The predicted octanol–water partition coefficient (Wildman–Crippen LogP) is 2.35. The molecule has 0 bridgehead atoms. The maximum atomic E-state index is 12.9. The van der Waals surface area contributed by atoms with Gasteiger partial charge in [0, 0.05) is 24.9 Å². The van der Waals surface area contributed by atoms with Gasteiger partial charge in [0.25, 0.3) is 0 Å². The van der Waals surface area contributed by atoms with E-state index in [1.165, 1.54) is 12.1 Å². The van der Waals surface area contributed by atoms with Gasteiger partial charge in [-0.05, 0) is 30.2 Å². The smallest absolute Gasteiger partial charge is 0.220 e. The molecule has 2 rings (SSSR count). The van der Waals surface area contributed by atoms with Crippen molar-refractivity contribution in [1.82, 2.24) is 10.3 Å². The Morgan fingerprint density at radius 1 is 1.29 bits per heavy atom. The van der Waals surface area contributed by atoms with Gasteiger partial charge in [-0.2, -0.15) is 0 Å². The molecular weight excluding hydrogens is 271 g/mol. The first kappa shape index (κ1) is 15.0. The van der Waals surface area contributed by atoms with Gasteiger partial charge in [-0.15, -0.1) is 0 Å². The highest BCUT2D eigenvalue weighted by atomic mass is 19.1. The molecule has 1 heterocycles. The largest absolute Gasteiger partial charge is 0.492 e. The van der Waals surface area contributed by atoms with E-state index in [-0.39, 0.29) is 11.7 Å². The lowest BCUT2D eigenvalue weighted by atomic mass is 10.1. The minimum Gasteiger partial charge on any atom is -0.492 e. The number of carbonyl (C=O) groups excluding carboxylic acids is 1. The molecule has 4 nitrogen and oxygen atoms in total. The number of aryl methyl sites for hydroxylation is 1. The van der Waals surface area contributed by atoms with Crippen molar-refractivity contribution in [3.8, 4) is 5.75 Å². The fourth-order valence-corrected chi connectivity index (χ4v) is 1.81. The lowest BCUT2D eigenvalue weighted by Crippen LogP contribution is -2.28. The first-order valence-corrected chi connectivity index (χ1v) is 6.78. The quantitative estimate of drug-likeness (QED) is 0.796. The second-order valence-corrected chi connectivity index (χ2v) is 4.52. The molecule has 5 heteroatoms. The Hall–Kier alpha value is -2.43. The number of halogens is 1. The van der Waals surface area contributed by atoms with Crippen molar-refractivity contribution >= 4 is 5.91 Å². The Labute approximate surface area is 123 Å². The number of nitrogens with zero attached hydrogens (tertiary/aromatic N) is 1. The third kappa shape index (κ3) is 5.60. The van der Waals surface area contributed by atoms with Gasteiger partial charge >= 0.3 is 0 Å². The van der Waals surface area contributed by atoms with Crippen molar-refractivity contribution in [1.29, 1.82) is 0 Å². The van der Waals surface area contributed by atoms with E-state index in [4.69, 9.17) is 4.74 Å². The highest BCUT2D eigenvalue weighted by molar-refractivity contribution is 5.76. The predicted molar refractivity (Wildman–Crippen MR) is 77.5 cm³/mol. The molecule has 1 N–H and O–H groups in total. The van der Waals surface area contributed by atoms with Crippen LogP contribution in [0.5, 0.6) is 5.75 Å².